The zero-order chi connectivity index (χ0) is 17.8. The van der Waals surface area contributed by atoms with Gasteiger partial charge in [0.1, 0.15) is 5.82 Å². The molecule has 0 saturated heterocycles. The third-order valence-electron chi connectivity index (χ3n) is 5.18. The van der Waals surface area contributed by atoms with Gasteiger partial charge >= 0.3 is 0 Å². The highest BCUT2D eigenvalue weighted by atomic mass is 35.5. The molecule has 7 heteroatoms. The van der Waals surface area contributed by atoms with Crippen LogP contribution < -0.4 is 5.32 Å². The summed E-state index contributed by atoms with van der Waals surface area (Å²) in [5.74, 6) is 0.863. The first-order valence-corrected chi connectivity index (χ1v) is 10.0. The lowest BCUT2D eigenvalue weighted by Crippen LogP contribution is -2.37. The van der Waals surface area contributed by atoms with Crippen molar-refractivity contribution >= 4 is 46.7 Å². The van der Waals surface area contributed by atoms with Gasteiger partial charge in [-0.15, -0.1) is 11.8 Å². The Hall–Kier alpha value is -1.17. The summed E-state index contributed by atoms with van der Waals surface area (Å²) in [7, 11) is 1.87. The second-order valence-corrected chi connectivity index (χ2v) is 9.12. The van der Waals surface area contributed by atoms with Crippen LogP contribution in [0.4, 0.5) is 5.82 Å². The van der Waals surface area contributed by atoms with Gasteiger partial charge in [0.25, 0.3) is 0 Å². The highest BCUT2D eigenvalue weighted by molar-refractivity contribution is 8.01. The summed E-state index contributed by atoms with van der Waals surface area (Å²) >= 11 is 14.4. The second kappa shape index (κ2) is 6.22. The second-order valence-electron chi connectivity index (χ2n) is 6.79. The topological polar surface area (TPSA) is 46.9 Å². The molecule has 1 atom stereocenters. The number of aromatic nitrogens is 2. The van der Waals surface area contributed by atoms with Gasteiger partial charge < -0.3 is 5.32 Å². The Bertz CT molecular complexity index is 858. The van der Waals surface area contributed by atoms with Crippen LogP contribution >= 0.6 is 35.0 Å². The maximum Gasteiger partial charge on any atom is 0.241 e. The molecule has 4 nitrogen and oxygen atoms in total. The summed E-state index contributed by atoms with van der Waals surface area (Å²) in [6.45, 7) is 1.98. The average Bonchev–Trinajstić information content (AvgIpc) is 3.08. The van der Waals surface area contributed by atoms with Crippen molar-refractivity contribution in [2.24, 2.45) is 7.05 Å². The van der Waals surface area contributed by atoms with E-state index in [2.05, 4.69) is 10.4 Å². The largest absolute Gasteiger partial charge is 0.309 e. The highest BCUT2D eigenvalue weighted by Gasteiger charge is 2.48. The molecule has 2 heterocycles. The number of carbonyl (C=O) groups is 1. The Balaban J connectivity index is 1.91. The van der Waals surface area contributed by atoms with Crippen LogP contribution in [0.3, 0.4) is 0 Å². The number of halogens is 2. The Labute approximate surface area is 161 Å². The number of nitrogens with zero attached hydrogens (tertiary/aromatic N) is 2. The number of rotatable bonds is 1. The van der Waals surface area contributed by atoms with Crippen molar-refractivity contribution in [2.45, 2.75) is 42.6 Å². The third kappa shape index (κ3) is 2.77. The Morgan fingerprint density at radius 2 is 2.04 bits per heavy atom. The number of thioether (sulfide) groups is 1. The molecule has 1 aromatic heterocycles. The van der Waals surface area contributed by atoms with E-state index in [0.717, 1.165) is 48.3 Å². The van der Waals surface area contributed by atoms with Crippen molar-refractivity contribution in [3.63, 3.8) is 0 Å². The summed E-state index contributed by atoms with van der Waals surface area (Å²) in [4.78, 5) is 13.1. The molecule has 0 radical (unpaired) electrons. The maximum atomic E-state index is 13.1. The van der Waals surface area contributed by atoms with Gasteiger partial charge in [-0.3, -0.25) is 9.48 Å². The van der Waals surface area contributed by atoms with Crippen molar-refractivity contribution in [2.75, 3.05) is 5.32 Å². The van der Waals surface area contributed by atoms with E-state index in [4.69, 9.17) is 23.2 Å². The molecule has 1 saturated carbocycles. The van der Waals surface area contributed by atoms with Crippen LogP contribution in [0.15, 0.2) is 18.2 Å². The average molecular weight is 396 g/mol. The van der Waals surface area contributed by atoms with E-state index in [-0.39, 0.29) is 11.2 Å². The number of benzene rings is 1. The lowest BCUT2D eigenvalue weighted by Gasteiger charge is -2.28. The molecule has 1 amide bonds. The number of aryl methyl sites for hydroxylation is 2. The highest BCUT2D eigenvalue weighted by Crippen LogP contribution is 2.56. The smallest absolute Gasteiger partial charge is 0.241 e. The van der Waals surface area contributed by atoms with Crippen LogP contribution in [0.5, 0.6) is 0 Å². The standard InChI is InChI=1S/C18H19Cl2N3OS/c1-10-14-15(12-6-5-11(19)9-13(12)20)25-18(7-3-4-8-18)17(24)21-16(14)23(2)22-10/h5-6,9,15H,3-4,7-8H2,1-2H3,(H,21,24). The normalized spacial score (nSPS) is 21.9. The van der Waals surface area contributed by atoms with Crippen molar-refractivity contribution < 1.29 is 4.79 Å². The number of hydrogen-bond donors (Lipinski definition) is 1. The molecule has 1 aliphatic heterocycles. The van der Waals surface area contributed by atoms with Crippen LogP contribution in [0.25, 0.3) is 0 Å². The van der Waals surface area contributed by atoms with E-state index in [9.17, 15) is 4.79 Å². The summed E-state index contributed by atoms with van der Waals surface area (Å²) in [6, 6.07) is 5.60. The van der Waals surface area contributed by atoms with Gasteiger partial charge in [-0.05, 0) is 37.5 Å². The fourth-order valence-corrected chi connectivity index (χ4v) is 6.37. The number of fused-ring (bicyclic) bond motifs is 1. The minimum atomic E-state index is -0.404. The first-order chi connectivity index (χ1) is 11.9. The first kappa shape index (κ1) is 17.3. The number of amides is 1. The van der Waals surface area contributed by atoms with Crippen molar-refractivity contribution in [1.29, 1.82) is 0 Å². The molecule has 132 valence electrons. The fourth-order valence-electron chi connectivity index (χ4n) is 3.92. The van der Waals surface area contributed by atoms with Crippen LogP contribution in [0, 0.1) is 6.92 Å². The molecule has 1 spiro atoms. The molecule has 0 bridgehead atoms. The quantitative estimate of drug-likeness (QED) is 0.728. The van der Waals surface area contributed by atoms with Gasteiger partial charge in [0, 0.05) is 22.7 Å². The van der Waals surface area contributed by atoms with Gasteiger partial charge in [0.05, 0.1) is 15.7 Å². The summed E-state index contributed by atoms with van der Waals surface area (Å²) in [5.41, 5.74) is 2.93. The maximum absolute atomic E-state index is 13.1. The number of anilines is 1. The van der Waals surface area contributed by atoms with Gasteiger partial charge in [0.15, 0.2) is 0 Å². The van der Waals surface area contributed by atoms with E-state index in [1.807, 2.05) is 26.1 Å². The van der Waals surface area contributed by atoms with Gasteiger partial charge in [-0.25, -0.2) is 0 Å². The van der Waals surface area contributed by atoms with E-state index < -0.39 is 4.75 Å². The molecule has 1 fully saturated rings. The lowest BCUT2D eigenvalue weighted by molar-refractivity contribution is -0.118. The number of carbonyl (C=O) groups excluding carboxylic acids is 1. The van der Waals surface area contributed by atoms with Crippen LogP contribution in [-0.2, 0) is 11.8 Å². The molecule has 2 aliphatic rings. The molecular weight excluding hydrogens is 377 g/mol. The third-order valence-corrected chi connectivity index (χ3v) is 7.51. The van der Waals surface area contributed by atoms with E-state index in [0.29, 0.717) is 10.0 Å². The molecular formula is C18H19Cl2N3OS. The monoisotopic (exact) mass is 395 g/mol. The van der Waals surface area contributed by atoms with Crippen LogP contribution in [-0.4, -0.2) is 20.4 Å². The molecule has 1 unspecified atom stereocenters. The summed E-state index contributed by atoms with van der Waals surface area (Å²) in [5, 5.41) is 8.86. The summed E-state index contributed by atoms with van der Waals surface area (Å²) in [6.07, 6.45) is 3.95. The van der Waals surface area contributed by atoms with E-state index in [1.165, 1.54) is 0 Å². The molecule has 25 heavy (non-hydrogen) atoms. The van der Waals surface area contributed by atoms with E-state index >= 15 is 0 Å². The minimum absolute atomic E-state index is 0.0504. The van der Waals surface area contributed by atoms with Crippen molar-refractivity contribution in [1.82, 2.24) is 9.78 Å². The molecule has 1 aromatic carbocycles. The van der Waals surface area contributed by atoms with Gasteiger partial charge in [-0.2, -0.15) is 5.10 Å². The van der Waals surface area contributed by atoms with Crippen LogP contribution in [0.1, 0.15) is 47.8 Å². The first-order valence-electron chi connectivity index (χ1n) is 8.39. The molecule has 4 rings (SSSR count). The zero-order valence-corrected chi connectivity index (χ0v) is 16.4. The Morgan fingerprint density at radius 3 is 2.72 bits per heavy atom. The summed E-state index contributed by atoms with van der Waals surface area (Å²) < 4.78 is 1.35. The zero-order valence-electron chi connectivity index (χ0n) is 14.1. The fraction of sp³-hybridized carbons (Fsp3) is 0.444. The lowest BCUT2D eigenvalue weighted by atomic mass is 10.0. The molecule has 2 aromatic rings. The predicted octanol–water partition coefficient (Wildman–Crippen LogP) is 5.12. The number of nitrogens with one attached hydrogen (secondary N) is 1. The Morgan fingerprint density at radius 1 is 1.32 bits per heavy atom. The Kier molecular flexibility index (Phi) is 4.29. The molecule has 1 aliphatic carbocycles. The minimum Gasteiger partial charge on any atom is -0.309 e. The van der Waals surface area contributed by atoms with E-state index in [1.54, 1.807) is 22.5 Å². The van der Waals surface area contributed by atoms with Crippen LogP contribution in [0.2, 0.25) is 10.0 Å². The van der Waals surface area contributed by atoms with Gasteiger partial charge in [-0.1, -0.05) is 42.1 Å². The predicted molar refractivity (Wildman–Crippen MR) is 104 cm³/mol. The molecule has 1 N–H and O–H groups in total. The van der Waals surface area contributed by atoms with Gasteiger partial charge in [0.2, 0.25) is 5.91 Å². The number of hydrogen-bond acceptors (Lipinski definition) is 3. The van der Waals surface area contributed by atoms with Crippen molar-refractivity contribution in [3.8, 4) is 0 Å². The van der Waals surface area contributed by atoms with Crippen molar-refractivity contribution in [3.05, 3.63) is 45.1 Å². The SMILES string of the molecule is Cc1nn(C)c2c1C(c1ccc(Cl)cc1Cl)SC1(CCCC1)C(=O)N2.